The number of anilines is 1. The Morgan fingerprint density at radius 2 is 1.92 bits per heavy atom. The Kier molecular flexibility index (Phi) is 6.67. The summed E-state index contributed by atoms with van der Waals surface area (Å²) in [6.07, 6.45) is 7.28. The molecule has 1 aromatic carbocycles. The number of piperidine rings is 1. The molecule has 198 valence electrons. The lowest BCUT2D eigenvalue weighted by atomic mass is 9.88. The highest BCUT2D eigenvalue weighted by atomic mass is 16.5. The third-order valence-electron chi connectivity index (χ3n) is 8.35. The summed E-state index contributed by atoms with van der Waals surface area (Å²) in [7, 11) is 3.96. The molecule has 0 aliphatic carbocycles. The molecule has 9 nitrogen and oxygen atoms in total. The number of rotatable bonds is 6. The molecule has 2 fully saturated rings. The van der Waals surface area contributed by atoms with E-state index in [0.29, 0.717) is 19.2 Å². The van der Waals surface area contributed by atoms with Crippen molar-refractivity contribution in [1.29, 1.82) is 0 Å². The lowest BCUT2D eigenvalue weighted by molar-refractivity contribution is 0.100. The number of aromatic nitrogens is 5. The maximum atomic E-state index is 6.28. The van der Waals surface area contributed by atoms with Gasteiger partial charge >= 0.3 is 0 Å². The molecule has 6 rings (SSSR count). The summed E-state index contributed by atoms with van der Waals surface area (Å²) in [6.45, 7) is 9.50. The molecule has 0 saturated carbocycles. The Bertz CT molecular complexity index is 1240. The number of methoxy groups -OCH3 is 1. The van der Waals surface area contributed by atoms with Gasteiger partial charge in [0.15, 0.2) is 5.82 Å². The van der Waals surface area contributed by atoms with E-state index in [9.17, 15) is 0 Å². The van der Waals surface area contributed by atoms with Crippen molar-refractivity contribution in [3.63, 3.8) is 0 Å². The van der Waals surface area contributed by atoms with E-state index in [4.69, 9.17) is 19.4 Å². The molecule has 3 aromatic rings. The molecule has 3 aliphatic heterocycles. The van der Waals surface area contributed by atoms with Crippen molar-refractivity contribution < 1.29 is 9.47 Å². The topological polar surface area (TPSA) is 73.5 Å². The van der Waals surface area contributed by atoms with Crippen molar-refractivity contribution in [2.24, 2.45) is 5.92 Å². The van der Waals surface area contributed by atoms with Gasteiger partial charge in [0.1, 0.15) is 29.7 Å². The Labute approximate surface area is 219 Å². The number of hydrogen-bond acceptors (Lipinski definition) is 7. The van der Waals surface area contributed by atoms with Crippen molar-refractivity contribution in [2.75, 3.05) is 45.3 Å². The van der Waals surface area contributed by atoms with Gasteiger partial charge in [-0.2, -0.15) is 5.10 Å². The highest BCUT2D eigenvalue weighted by Gasteiger charge is 2.34. The molecule has 0 N–H and O–H groups in total. The largest absolute Gasteiger partial charge is 0.491 e. The van der Waals surface area contributed by atoms with Crippen LogP contribution in [-0.4, -0.2) is 81.8 Å². The fraction of sp³-hybridized carbons (Fsp3) is 0.607. The number of aryl methyl sites for hydroxylation is 1. The van der Waals surface area contributed by atoms with Gasteiger partial charge in [-0.25, -0.2) is 14.6 Å². The number of likely N-dealkylation sites (tertiary alicyclic amines) is 1. The first kappa shape index (κ1) is 24.4. The summed E-state index contributed by atoms with van der Waals surface area (Å²) in [6, 6.07) is 7.35. The van der Waals surface area contributed by atoms with Crippen LogP contribution in [0.1, 0.15) is 38.4 Å². The minimum Gasteiger partial charge on any atom is -0.491 e. The lowest BCUT2D eigenvalue weighted by Crippen LogP contribution is -2.41. The molecule has 2 unspecified atom stereocenters. The van der Waals surface area contributed by atoms with Gasteiger partial charge in [0.05, 0.1) is 24.8 Å². The van der Waals surface area contributed by atoms with Crippen LogP contribution < -0.4 is 9.64 Å². The number of ether oxygens (including phenoxy) is 2. The Balaban J connectivity index is 1.29. The SMILES string of the molecule is COC(C)Cn1nc(C)nc1-c1cn2c(n1)-c1ccc(N3CCCC3C3CCN(C)CC3)cc1OCC2. The Hall–Kier alpha value is -2.91. The average molecular weight is 506 g/mol. The molecule has 0 radical (unpaired) electrons. The predicted octanol–water partition coefficient (Wildman–Crippen LogP) is 3.85. The van der Waals surface area contributed by atoms with E-state index in [1.807, 2.05) is 18.5 Å². The normalized spacial score (nSPS) is 21.4. The van der Waals surface area contributed by atoms with Gasteiger partial charge in [-0.1, -0.05) is 0 Å². The highest BCUT2D eigenvalue weighted by Crippen LogP contribution is 2.40. The predicted molar refractivity (Wildman–Crippen MR) is 144 cm³/mol. The standard InChI is InChI=1S/C28H39N7O2/c1-19(36-4)17-35-28(29-20(2)31-35)24-18-33-14-15-37-26-16-22(7-8-23(26)27(33)30-24)34-11-5-6-25(34)21-9-12-32(3)13-10-21/h7-8,16,18-19,21,25H,5-6,9-15,17H2,1-4H3. The zero-order chi connectivity index (χ0) is 25.5. The quantitative estimate of drug-likeness (QED) is 0.504. The molecule has 2 aromatic heterocycles. The van der Waals surface area contributed by atoms with Crippen LogP contribution in [0.5, 0.6) is 5.75 Å². The first-order chi connectivity index (χ1) is 18.0. The summed E-state index contributed by atoms with van der Waals surface area (Å²) >= 11 is 0. The number of hydrogen-bond donors (Lipinski definition) is 0. The molecule has 0 bridgehead atoms. The van der Waals surface area contributed by atoms with Crippen molar-refractivity contribution in [3.8, 4) is 28.7 Å². The number of fused-ring (bicyclic) bond motifs is 3. The number of benzene rings is 1. The average Bonchev–Trinajstić information content (AvgIpc) is 3.61. The van der Waals surface area contributed by atoms with E-state index in [1.54, 1.807) is 7.11 Å². The fourth-order valence-electron chi connectivity index (χ4n) is 6.26. The van der Waals surface area contributed by atoms with Gasteiger partial charge in [-0.3, -0.25) is 0 Å². The molecule has 0 amide bonds. The van der Waals surface area contributed by atoms with Crippen molar-refractivity contribution in [3.05, 3.63) is 30.2 Å². The minimum absolute atomic E-state index is 0.0387. The van der Waals surface area contributed by atoms with E-state index < -0.39 is 0 Å². The van der Waals surface area contributed by atoms with Gasteiger partial charge < -0.3 is 23.8 Å². The van der Waals surface area contributed by atoms with Crippen LogP contribution in [0.25, 0.3) is 22.9 Å². The third kappa shape index (κ3) is 4.75. The molecule has 3 aliphatic rings. The van der Waals surface area contributed by atoms with E-state index in [2.05, 4.69) is 50.9 Å². The molecule has 37 heavy (non-hydrogen) atoms. The van der Waals surface area contributed by atoms with Crippen LogP contribution in [0, 0.1) is 12.8 Å². The molecular weight excluding hydrogens is 466 g/mol. The maximum absolute atomic E-state index is 6.28. The third-order valence-corrected chi connectivity index (χ3v) is 8.35. The van der Waals surface area contributed by atoms with Crippen LogP contribution in [0.15, 0.2) is 24.4 Å². The van der Waals surface area contributed by atoms with Crippen LogP contribution in [0.3, 0.4) is 0 Å². The summed E-state index contributed by atoms with van der Waals surface area (Å²) in [5, 5.41) is 4.59. The molecule has 9 heteroatoms. The number of nitrogens with zero attached hydrogens (tertiary/aromatic N) is 7. The smallest absolute Gasteiger partial charge is 0.178 e. The van der Waals surface area contributed by atoms with Crippen molar-refractivity contribution in [1.82, 2.24) is 29.2 Å². The molecule has 5 heterocycles. The summed E-state index contributed by atoms with van der Waals surface area (Å²) in [4.78, 5) is 14.9. The van der Waals surface area contributed by atoms with Crippen molar-refractivity contribution in [2.45, 2.75) is 64.8 Å². The van der Waals surface area contributed by atoms with Gasteiger partial charge in [0.2, 0.25) is 0 Å². The summed E-state index contributed by atoms with van der Waals surface area (Å²) < 4.78 is 15.8. The second-order valence-corrected chi connectivity index (χ2v) is 10.9. The van der Waals surface area contributed by atoms with Crippen LogP contribution in [0.4, 0.5) is 5.69 Å². The summed E-state index contributed by atoms with van der Waals surface area (Å²) in [5.74, 6) is 4.14. The van der Waals surface area contributed by atoms with Crippen LogP contribution in [0.2, 0.25) is 0 Å². The second-order valence-electron chi connectivity index (χ2n) is 10.9. The summed E-state index contributed by atoms with van der Waals surface area (Å²) in [5.41, 5.74) is 3.15. The Morgan fingerprint density at radius 3 is 2.73 bits per heavy atom. The first-order valence-electron chi connectivity index (χ1n) is 13.7. The van der Waals surface area contributed by atoms with E-state index in [-0.39, 0.29) is 6.10 Å². The highest BCUT2D eigenvalue weighted by molar-refractivity contribution is 5.72. The van der Waals surface area contributed by atoms with E-state index in [0.717, 1.165) is 53.5 Å². The fourth-order valence-corrected chi connectivity index (χ4v) is 6.26. The van der Waals surface area contributed by atoms with Gasteiger partial charge in [-0.15, -0.1) is 0 Å². The molecule has 2 saturated heterocycles. The zero-order valence-corrected chi connectivity index (χ0v) is 22.6. The zero-order valence-electron chi connectivity index (χ0n) is 22.6. The Morgan fingerprint density at radius 1 is 1.08 bits per heavy atom. The minimum atomic E-state index is 0.0387. The van der Waals surface area contributed by atoms with Gasteiger partial charge in [0.25, 0.3) is 0 Å². The number of imidazole rings is 1. The molecule has 0 spiro atoms. The lowest BCUT2D eigenvalue weighted by Gasteiger charge is -2.38. The molecular formula is C28H39N7O2. The van der Waals surface area contributed by atoms with Gasteiger partial charge in [0, 0.05) is 37.6 Å². The van der Waals surface area contributed by atoms with Crippen molar-refractivity contribution >= 4 is 5.69 Å². The van der Waals surface area contributed by atoms with Gasteiger partial charge in [-0.05, 0) is 77.7 Å². The van der Waals surface area contributed by atoms with Crippen LogP contribution >= 0.6 is 0 Å². The van der Waals surface area contributed by atoms with E-state index >= 15 is 0 Å². The second kappa shape index (κ2) is 10.1. The molecule has 2 atom stereocenters. The monoisotopic (exact) mass is 505 g/mol. The first-order valence-corrected chi connectivity index (χ1v) is 13.7. The van der Waals surface area contributed by atoms with Crippen LogP contribution in [-0.2, 0) is 17.8 Å². The van der Waals surface area contributed by atoms with E-state index in [1.165, 1.54) is 44.5 Å². The maximum Gasteiger partial charge on any atom is 0.178 e.